The number of aromatic carboxylic acids is 1. The van der Waals surface area contributed by atoms with Gasteiger partial charge in [0, 0.05) is 18.4 Å². The minimum Gasteiger partial charge on any atom is -0.478 e. The van der Waals surface area contributed by atoms with Crippen molar-refractivity contribution in [2.45, 2.75) is 24.6 Å². The zero-order valence-corrected chi connectivity index (χ0v) is 17.1. The molecule has 0 radical (unpaired) electrons. The van der Waals surface area contributed by atoms with Crippen molar-refractivity contribution in [1.82, 2.24) is 5.32 Å². The number of halogens is 3. The molecule has 1 unspecified atom stereocenters. The fourth-order valence-corrected chi connectivity index (χ4v) is 3.90. The Morgan fingerprint density at radius 3 is 2.69 bits per heavy atom. The van der Waals surface area contributed by atoms with Crippen LogP contribution in [0.5, 0.6) is 0 Å². The lowest BCUT2D eigenvalue weighted by Gasteiger charge is -2.27. The van der Waals surface area contributed by atoms with Crippen molar-refractivity contribution in [2.24, 2.45) is 0 Å². The van der Waals surface area contributed by atoms with Crippen molar-refractivity contribution in [2.75, 3.05) is 11.9 Å². The first kappa shape index (κ1) is 21.1. The normalized spacial score (nSPS) is 18.8. The molecule has 2 aliphatic rings. The summed E-state index contributed by atoms with van der Waals surface area (Å²) in [7, 11) is 1.71. The monoisotopic (exact) mass is 436 g/mol. The second-order valence-corrected chi connectivity index (χ2v) is 7.59. The van der Waals surface area contributed by atoms with E-state index in [1.54, 1.807) is 18.0 Å². The maximum absolute atomic E-state index is 14.1. The smallest absolute Gasteiger partial charge is 0.338 e. The van der Waals surface area contributed by atoms with Crippen LogP contribution in [0.4, 0.5) is 10.1 Å². The number of carbonyl (C=O) groups excluding carboxylic acids is 1. The first-order valence-corrected chi connectivity index (χ1v) is 9.79. The fourth-order valence-electron chi connectivity index (χ4n) is 3.22. The van der Waals surface area contributed by atoms with Crippen LogP contribution in [0.1, 0.15) is 29.6 Å². The van der Waals surface area contributed by atoms with Gasteiger partial charge in [0.05, 0.1) is 27.2 Å². The van der Waals surface area contributed by atoms with Crippen molar-refractivity contribution in [3.8, 4) is 0 Å². The molecule has 3 rings (SSSR count). The summed E-state index contributed by atoms with van der Waals surface area (Å²) in [4.78, 5) is 25.5. The molecule has 0 aromatic heterocycles. The highest BCUT2D eigenvalue weighted by Crippen LogP contribution is 2.29. The van der Waals surface area contributed by atoms with E-state index >= 15 is 0 Å². The zero-order valence-electron chi connectivity index (χ0n) is 15.6. The third-order valence-electron chi connectivity index (χ3n) is 4.76. The van der Waals surface area contributed by atoms with E-state index in [0.29, 0.717) is 40.5 Å². The number of nitrogens with zero attached hydrogens (tertiary/aromatic N) is 1. The van der Waals surface area contributed by atoms with Crippen molar-refractivity contribution < 1.29 is 19.1 Å². The average molecular weight is 437 g/mol. The topological polar surface area (TPSA) is 69.6 Å². The molecule has 2 N–H and O–H groups in total. The molecule has 29 heavy (non-hydrogen) atoms. The first-order chi connectivity index (χ1) is 13.8. The van der Waals surface area contributed by atoms with E-state index in [-0.39, 0.29) is 5.91 Å². The Hall–Kier alpha value is -2.57. The zero-order chi connectivity index (χ0) is 21.1. The number of carboxylic acid groups (broad SMARTS) is 1. The standard InChI is InChI=1S/C21H19Cl2FN2O3/c1-26(12-9-10-13(21(28)29)16(24)11-12)18-8-3-2-7-17(18)25-20(27)19-14(22)5-4-6-15(19)23/h3-5,8-11,15H,2,6-7H2,1H3,(H,25,27)(H,28,29). The number of amides is 1. The third kappa shape index (κ3) is 4.54. The van der Waals surface area contributed by atoms with Gasteiger partial charge in [0.15, 0.2) is 0 Å². The molecule has 8 heteroatoms. The number of carbonyl (C=O) groups is 2. The van der Waals surface area contributed by atoms with E-state index in [1.165, 1.54) is 12.1 Å². The van der Waals surface area contributed by atoms with Crippen LogP contribution < -0.4 is 10.2 Å². The van der Waals surface area contributed by atoms with Crippen LogP contribution in [-0.4, -0.2) is 29.4 Å². The number of anilines is 1. The van der Waals surface area contributed by atoms with Crippen LogP contribution in [0.2, 0.25) is 0 Å². The van der Waals surface area contributed by atoms with Gasteiger partial charge in [0.25, 0.3) is 5.91 Å². The van der Waals surface area contributed by atoms with E-state index in [9.17, 15) is 14.0 Å². The molecular formula is C21H19Cl2FN2O3. The Morgan fingerprint density at radius 2 is 2.03 bits per heavy atom. The molecule has 0 spiro atoms. The van der Waals surface area contributed by atoms with Crippen LogP contribution in [0.25, 0.3) is 0 Å². The maximum atomic E-state index is 14.1. The Balaban J connectivity index is 1.91. The second-order valence-electron chi connectivity index (χ2n) is 6.65. The summed E-state index contributed by atoms with van der Waals surface area (Å²) in [6, 6.07) is 3.88. The van der Waals surface area contributed by atoms with E-state index in [2.05, 4.69) is 5.32 Å². The lowest BCUT2D eigenvalue weighted by molar-refractivity contribution is -0.117. The molecule has 0 bridgehead atoms. The van der Waals surface area contributed by atoms with Crippen LogP contribution in [0.3, 0.4) is 0 Å². The first-order valence-electron chi connectivity index (χ1n) is 8.97. The highest BCUT2D eigenvalue weighted by Gasteiger charge is 2.26. The number of nitrogens with one attached hydrogen (secondary N) is 1. The molecule has 0 saturated heterocycles. The Labute approximate surface area is 177 Å². The number of rotatable bonds is 5. The number of carboxylic acids is 1. The lowest BCUT2D eigenvalue weighted by Crippen LogP contribution is -2.33. The van der Waals surface area contributed by atoms with Crippen LogP contribution in [0.15, 0.2) is 64.5 Å². The fraction of sp³-hybridized carbons (Fsp3) is 0.238. The Kier molecular flexibility index (Phi) is 6.45. The summed E-state index contributed by atoms with van der Waals surface area (Å²) < 4.78 is 14.1. The van der Waals surface area contributed by atoms with Crippen molar-refractivity contribution in [1.29, 1.82) is 0 Å². The maximum Gasteiger partial charge on any atom is 0.338 e. The molecule has 1 amide bonds. The van der Waals surface area contributed by atoms with E-state index in [1.807, 2.05) is 18.2 Å². The molecular weight excluding hydrogens is 418 g/mol. The molecule has 1 aromatic rings. The number of allylic oxidation sites excluding steroid dienone is 6. The highest BCUT2D eigenvalue weighted by atomic mass is 35.5. The molecule has 1 atom stereocenters. The van der Waals surface area contributed by atoms with Crippen LogP contribution >= 0.6 is 23.2 Å². The van der Waals surface area contributed by atoms with Crippen LogP contribution in [-0.2, 0) is 4.79 Å². The summed E-state index contributed by atoms with van der Waals surface area (Å²) in [5.41, 5.74) is 1.69. The number of likely N-dealkylation sites (N-methyl/N-ethyl adjacent to an activating group) is 1. The Morgan fingerprint density at radius 1 is 1.28 bits per heavy atom. The van der Waals surface area contributed by atoms with Gasteiger partial charge >= 0.3 is 5.97 Å². The van der Waals surface area contributed by atoms with Gasteiger partial charge < -0.3 is 15.3 Å². The molecule has 0 fully saturated rings. The van der Waals surface area contributed by atoms with Gasteiger partial charge in [-0.1, -0.05) is 23.8 Å². The summed E-state index contributed by atoms with van der Waals surface area (Å²) in [6.45, 7) is 0. The molecule has 0 heterocycles. The SMILES string of the molecule is CN(C1=C(NC(=O)C2=C(Cl)C=CCC2Cl)CCC=C1)c1ccc(C(=O)O)c(F)c1. The van der Waals surface area contributed by atoms with Crippen molar-refractivity contribution in [3.05, 3.63) is 75.9 Å². The molecule has 1 aromatic carbocycles. The quantitative estimate of drug-likeness (QED) is 0.656. The number of hydrogen-bond acceptors (Lipinski definition) is 3. The van der Waals surface area contributed by atoms with Gasteiger partial charge in [-0.25, -0.2) is 9.18 Å². The van der Waals surface area contributed by atoms with E-state index < -0.39 is 22.7 Å². The molecule has 152 valence electrons. The summed E-state index contributed by atoms with van der Waals surface area (Å²) >= 11 is 12.4. The highest BCUT2D eigenvalue weighted by molar-refractivity contribution is 6.36. The minimum absolute atomic E-state index is 0.307. The lowest BCUT2D eigenvalue weighted by atomic mass is 10.0. The number of benzene rings is 1. The number of alkyl halides is 1. The van der Waals surface area contributed by atoms with Gasteiger partial charge in [-0.15, -0.1) is 11.6 Å². The summed E-state index contributed by atoms with van der Waals surface area (Å²) in [6.07, 6.45) is 9.07. The molecule has 0 saturated carbocycles. The minimum atomic E-state index is -1.33. The predicted molar refractivity (Wildman–Crippen MR) is 112 cm³/mol. The van der Waals surface area contributed by atoms with Gasteiger partial charge in [0.2, 0.25) is 0 Å². The number of hydrogen-bond donors (Lipinski definition) is 2. The van der Waals surface area contributed by atoms with E-state index in [0.717, 1.165) is 12.5 Å². The second kappa shape index (κ2) is 8.84. The van der Waals surface area contributed by atoms with Gasteiger partial charge in [-0.3, -0.25) is 4.79 Å². The van der Waals surface area contributed by atoms with Crippen molar-refractivity contribution >= 4 is 40.8 Å². The van der Waals surface area contributed by atoms with Gasteiger partial charge in [0.1, 0.15) is 5.82 Å². The molecule has 5 nitrogen and oxygen atoms in total. The summed E-state index contributed by atoms with van der Waals surface area (Å²) in [5, 5.41) is 11.7. The van der Waals surface area contributed by atoms with Crippen LogP contribution in [0, 0.1) is 5.82 Å². The average Bonchev–Trinajstić information content (AvgIpc) is 2.67. The third-order valence-corrected chi connectivity index (χ3v) is 5.49. The largest absolute Gasteiger partial charge is 0.478 e. The van der Waals surface area contributed by atoms with Gasteiger partial charge in [-0.2, -0.15) is 0 Å². The molecule has 2 aliphatic carbocycles. The predicted octanol–water partition coefficient (Wildman–Crippen LogP) is 4.70. The Bertz CT molecular complexity index is 982. The van der Waals surface area contributed by atoms with Crippen molar-refractivity contribution in [3.63, 3.8) is 0 Å². The van der Waals surface area contributed by atoms with E-state index in [4.69, 9.17) is 28.3 Å². The summed E-state index contributed by atoms with van der Waals surface area (Å²) in [5.74, 6) is -2.53. The molecule has 0 aliphatic heterocycles. The van der Waals surface area contributed by atoms with Gasteiger partial charge in [-0.05, 0) is 49.6 Å².